The van der Waals surface area contributed by atoms with Gasteiger partial charge in [-0.3, -0.25) is 9.52 Å². The third kappa shape index (κ3) is 4.88. The van der Waals surface area contributed by atoms with Crippen molar-refractivity contribution in [1.82, 2.24) is 14.8 Å². The van der Waals surface area contributed by atoms with Crippen molar-refractivity contribution in [3.8, 4) is 17.3 Å². The van der Waals surface area contributed by atoms with Crippen LogP contribution in [0.1, 0.15) is 32.6 Å². The maximum absolute atomic E-state index is 13.9. The minimum absolute atomic E-state index is 0.0545. The number of halogens is 1. The van der Waals surface area contributed by atoms with Gasteiger partial charge in [-0.05, 0) is 60.4 Å². The molecule has 0 saturated heterocycles. The molecule has 0 spiro atoms. The smallest absolute Gasteiger partial charge is 0.229 e. The first-order valence-electron chi connectivity index (χ1n) is 11.6. The molecule has 1 aliphatic carbocycles. The van der Waals surface area contributed by atoms with Gasteiger partial charge in [-0.1, -0.05) is 18.2 Å². The van der Waals surface area contributed by atoms with Crippen LogP contribution < -0.4 is 15.2 Å². The van der Waals surface area contributed by atoms with Crippen molar-refractivity contribution < 1.29 is 22.3 Å². The molecule has 11 heteroatoms. The number of carbonyl (C=O) groups excluding carboxylic acids is 1. The molecule has 2 aromatic carbocycles. The SMILES string of the molecule is Cc1cc2c(cc1NS(C)(=O)=O)C=C(C(=O)c1cnn(-c3cnc(Oc4ccccc4F)cc3C)c1N)C2. The lowest BCUT2D eigenvalue weighted by Gasteiger charge is -2.11. The zero-order valence-corrected chi connectivity index (χ0v) is 21.6. The quantitative estimate of drug-likeness (QED) is 0.332. The Bertz CT molecular complexity index is 1740. The number of hydrogen-bond acceptors (Lipinski definition) is 7. The largest absolute Gasteiger partial charge is 0.436 e. The van der Waals surface area contributed by atoms with E-state index in [9.17, 15) is 17.6 Å². The second kappa shape index (κ2) is 9.42. The summed E-state index contributed by atoms with van der Waals surface area (Å²) in [5, 5.41) is 4.31. The van der Waals surface area contributed by atoms with Crippen molar-refractivity contribution >= 4 is 33.4 Å². The van der Waals surface area contributed by atoms with E-state index in [0.29, 0.717) is 28.9 Å². The zero-order valence-electron chi connectivity index (χ0n) is 20.8. The molecule has 2 heterocycles. The fraction of sp³-hybridized carbons (Fsp3) is 0.148. The maximum Gasteiger partial charge on any atom is 0.229 e. The molecule has 0 amide bonds. The number of nitrogens with zero attached hydrogens (tertiary/aromatic N) is 3. The van der Waals surface area contributed by atoms with Crippen LogP contribution in [0.2, 0.25) is 0 Å². The van der Waals surface area contributed by atoms with Gasteiger partial charge in [0.15, 0.2) is 17.3 Å². The summed E-state index contributed by atoms with van der Waals surface area (Å²) in [6, 6.07) is 11.2. The number of pyridine rings is 1. The van der Waals surface area contributed by atoms with Crippen molar-refractivity contribution in [2.24, 2.45) is 0 Å². The van der Waals surface area contributed by atoms with Crippen LogP contribution in [0.4, 0.5) is 15.9 Å². The fourth-order valence-electron chi connectivity index (χ4n) is 4.31. The van der Waals surface area contributed by atoms with E-state index in [1.165, 1.54) is 29.2 Å². The number of carbonyl (C=O) groups is 1. The molecule has 0 radical (unpaired) electrons. The number of sulfonamides is 1. The summed E-state index contributed by atoms with van der Waals surface area (Å²) >= 11 is 0. The third-order valence-electron chi connectivity index (χ3n) is 6.17. The topological polar surface area (TPSA) is 129 Å². The van der Waals surface area contributed by atoms with Crippen molar-refractivity contribution in [2.75, 3.05) is 16.7 Å². The summed E-state index contributed by atoms with van der Waals surface area (Å²) in [6.07, 6.45) is 6.12. The summed E-state index contributed by atoms with van der Waals surface area (Å²) < 4.78 is 46.7. The first-order valence-corrected chi connectivity index (χ1v) is 13.5. The number of hydrogen-bond donors (Lipinski definition) is 2. The van der Waals surface area contributed by atoms with Gasteiger partial charge in [0.25, 0.3) is 0 Å². The zero-order chi connectivity index (χ0) is 27.2. The van der Waals surface area contributed by atoms with Crippen molar-refractivity contribution in [3.05, 3.63) is 94.1 Å². The number of nitrogens with two attached hydrogens (primary N) is 1. The molecule has 0 fully saturated rings. The molecule has 194 valence electrons. The summed E-state index contributed by atoms with van der Waals surface area (Å²) in [4.78, 5) is 17.6. The van der Waals surface area contributed by atoms with Gasteiger partial charge in [-0.2, -0.15) is 5.10 Å². The molecule has 0 bridgehead atoms. The van der Waals surface area contributed by atoms with Gasteiger partial charge in [0.2, 0.25) is 15.9 Å². The van der Waals surface area contributed by atoms with Gasteiger partial charge < -0.3 is 10.5 Å². The Balaban J connectivity index is 1.39. The molecule has 9 nitrogen and oxygen atoms in total. The van der Waals surface area contributed by atoms with E-state index in [0.717, 1.165) is 22.9 Å². The predicted octanol–water partition coefficient (Wildman–Crippen LogP) is 4.59. The van der Waals surface area contributed by atoms with Crippen LogP contribution in [-0.2, 0) is 16.4 Å². The van der Waals surface area contributed by atoms with E-state index in [1.54, 1.807) is 44.2 Å². The Morgan fingerprint density at radius 2 is 1.89 bits per heavy atom. The van der Waals surface area contributed by atoms with E-state index in [4.69, 9.17) is 10.5 Å². The number of para-hydroxylation sites is 1. The molecule has 1 aliphatic rings. The predicted molar refractivity (Wildman–Crippen MR) is 143 cm³/mol. The number of Topliss-reactive ketones (excluding diaryl/α,β-unsaturated/α-hetero) is 1. The second-order valence-corrected chi connectivity index (χ2v) is 10.9. The molecule has 0 saturated carbocycles. The molecule has 4 aromatic rings. The number of ether oxygens (including phenoxy) is 1. The number of rotatable bonds is 7. The molecule has 3 N–H and O–H groups in total. The number of nitrogens with one attached hydrogen (secondary N) is 1. The first-order chi connectivity index (χ1) is 18.0. The lowest BCUT2D eigenvalue weighted by Crippen LogP contribution is -2.11. The van der Waals surface area contributed by atoms with Crippen LogP contribution in [0.3, 0.4) is 0 Å². The molecule has 0 aliphatic heterocycles. The van der Waals surface area contributed by atoms with Crippen LogP contribution >= 0.6 is 0 Å². The standard InChI is InChI=1S/C27H24FN5O4S/c1-15-8-17-10-19(11-18(17)12-22(15)32-38(3,35)36)26(34)20-13-31-33(27(20)29)23-14-30-25(9-16(23)2)37-24-7-5-4-6-21(24)28/h4-9,11-14,32H,10,29H2,1-3H3. The van der Waals surface area contributed by atoms with E-state index >= 15 is 0 Å². The summed E-state index contributed by atoms with van der Waals surface area (Å²) in [7, 11) is -3.44. The van der Waals surface area contributed by atoms with E-state index in [-0.39, 0.29) is 28.8 Å². The maximum atomic E-state index is 13.9. The Morgan fingerprint density at radius 1 is 1.13 bits per heavy atom. The Hall–Kier alpha value is -4.51. The number of allylic oxidation sites excluding steroid dienone is 1. The summed E-state index contributed by atoms with van der Waals surface area (Å²) in [5.74, 6) is -0.372. The Kier molecular flexibility index (Phi) is 6.23. The van der Waals surface area contributed by atoms with Crippen molar-refractivity contribution in [1.29, 1.82) is 0 Å². The molecular formula is C27H24FN5O4S. The molecule has 5 rings (SSSR count). The molecule has 2 aromatic heterocycles. The number of aromatic nitrogens is 3. The average molecular weight is 534 g/mol. The minimum Gasteiger partial charge on any atom is -0.436 e. The molecule has 0 unspecified atom stereocenters. The van der Waals surface area contributed by atoms with Gasteiger partial charge in [0.05, 0.1) is 35.6 Å². The van der Waals surface area contributed by atoms with Crippen molar-refractivity contribution in [3.63, 3.8) is 0 Å². The number of nitrogen functional groups attached to an aromatic ring is 1. The third-order valence-corrected chi connectivity index (χ3v) is 6.76. The highest BCUT2D eigenvalue weighted by Crippen LogP contribution is 2.33. The average Bonchev–Trinajstić information content (AvgIpc) is 3.43. The van der Waals surface area contributed by atoms with Crippen LogP contribution in [0.25, 0.3) is 11.8 Å². The van der Waals surface area contributed by atoms with E-state index in [2.05, 4.69) is 14.8 Å². The summed E-state index contributed by atoms with van der Waals surface area (Å²) in [5.41, 5.74) is 11.3. The lowest BCUT2D eigenvalue weighted by atomic mass is 10.0. The number of aryl methyl sites for hydroxylation is 2. The lowest BCUT2D eigenvalue weighted by molar-refractivity contribution is 0.103. The van der Waals surface area contributed by atoms with Crippen LogP contribution in [0.15, 0.2) is 60.4 Å². The normalized spacial score (nSPS) is 12.7. The van der Waals surface area contributed by atoms with E-state index in [1.807, 2.05) is 6.07 Å². The molecule has 38 heavy (non-hydrogen) atoms. The van der Waals surface area contributed by atoms with Crippen molar-refractivity contribution in [2.45, 2.75) is 20.3 Å². The van der Waals surface area contributed by atoms with Gasteiger partial charge in [0.1, 0.15) is 5.82 Å². The number of fused-ring (bicyclic) bond motifs is 1. The van der Waals surface area contributed by atoms with Gasteiger partial charge >= 0.3 is 0 Å². The van der Waals surface area contributed by atoms with Gasteiger partial charge in [0, 0.05) is 18.1 Å². The fourth-order valence-corrected chi connectivity index (χ4v) is 4.93. The van der Waals surface area contributed by atoms with Gasteiger partial charge in [-0.25, -0.2) is 22.5 Å². The van der Waals surface area contributed by atoms with Crippen LogP contribution in [0, 0.1) is 19.7 Å². The highest BCUT2D eigenvalue weighted by molar-refractivity contribution is 7.92. The summed E-state index contributed by atoms with van der Waals surface area (Å²) in [6.45, 7) is 3.60. The molecular weight excluding hydrogens is 509 g/mol. The Morgan fingerprint density at radius 3 is 2.61 bits per heavy atom. The van der Waals surface area contributed by atoms with E-state index < -0.39 is 15.8 Å². The number of anilines is 2. The highest BCUT2D eigenvalue weighted by atomic mass is 32.2. The monoisotopic (exact) mass is 533 g/mol. The van der Waals surface area contributed by atoms with Gasteiger partial charge in [-0.15, -0.1) is 0 Å². The number of ketones is 1. The van der Waals surface area contributed by atoms with Crippen LogP contribution in [-0.4, -0.2) is 35.2 Å². The highest BCUT2D eigenvalue weighted by Gasteiger charge is 2.25. The second-order valence-electron chi connectivity index (χ2n) is 9.11. The van der Waals surface area contributed by atoms with Crippen LogP contribution in [0.5, 0.6) is 11.6 Å². The number of benzene rings is 2. The first kappa shape index (κ1) is 25.2. The Labute approximate surface area is 218 Å². The minimum atomic E-state index is -3.44. The molecule has 0 atom stereocenters.